The van der Waals surface area contributed by atoms with E-state index in [1.165, 1.54) is 45.0 Å². The van der Waals surface area contributed by atoms with E-state index < -0.39 is 0 Å². The number of carbonyl (C=O) groups is 1. The van der Waals surface area contributed by atoms with Gasteiger partial charge in [-0.25, -0.2) is 0 Å². The Hall–Kier alpha value is -1.16. The van der Waals surface area contributed by atoms with Crippen molar-refractivity contribution >= 4 is 17.7 Å². The number of hydrogen-bond acceptors (Lipinski definition) is 4. The third kappa shape index (κ3) is 10.3. The van der Waals surface area contributed by atoms with Crippen LogP contribution in [0.2, 0.25) is 0 Å². The lowest BCUT2D eigenvalue weighted by Crippen LogP contribution is -1.99. The highest BCUT2D eigenvalue weighted by Crippen LogP contribution is 2.18. The van der Waals surface area contributed by atoms with Crippen molar-refractivity contribution in [3.8, 4) is 5.75 Å². The number of aryl methyl sites for hydroxylation is 1. The molecule has 0 aromatic heterocycles. The van der Waals surface area contributed by atoms with E-state index in [1.807, 2.05) is 30.0 Å². The molecule has 0 aliphatic heterocycles. The molecule has 0 fully saturated rings. The molecule has 0 heterocycles. The van der Waals surface area contributed by atoms with Crippen LogP contribution in [0, 0.1) is 0 Å². The average molecular weight is 339 g/mol. The molecule has 1 rings (SSSR count). The van der Waals surface area contributed by atoms with Crippen LogP contribution in [0.5, 0.6) is 5.75 Å². The molecular formula is C19H30O3S. The number of phenolic OH excluding ortho intramolecular Hbond substituents is 1. The van der Waals surface area contributed by atoms with Crippen LogP contribution in [-0.2, 0) is 16.0 Å². The van der Waals surface area contributed by atoms with Crippen LogP contribution >= 0.6 is 11.8 Å². The second kappa shape index (κ2) is 13.3. The van der Waals surface area contributed by atoms with Crippen molar-refractivity contribution in [2.24, 2.45) is 0 Å². The van der Waals surface area contributed by atoms with Gasteiger partial charge in [0.1, 0.15) is 5.75 Å². The van der Waals surface area contributed by atoms with Crippen molar-refractivity contribution in [1.82, 2.24) is 0 Å². The van der Waals surface area contributed by atoms with Gasteiger partial charge in [0, 0.05) is 6.42 Å². The highest BCUT2D eigenvalue weighted by molar-refractivity contribution is 7.99. The molecule has 23 heavy (non-hydrogen) atoms. The van der Waals surface area contributed by atoms with Crippen LogP contribution in [0.1, 0.15) is 56.9 Å². The summed E-state index contributed by atoms with van der Waals surface area (Å²) in [6.07, 6.45) is 9.93. The normalized spacial score (nSPS) is 10.7. The van der Waals surface area contributed by atoms with Gasteiger partial charge < -0.3 is 9.84 Å². The summed E-state index contributed by atoms with van der Waals surface area (Å²) in [6, 6.07) is 7.59. The molecule has 0 bridgehead atoms. The molecule has 0 saturated carbocycles. The summed E-state index contributed by atoms with van der Waals surface area (Å²) < 4.78 is 4.62. The zero-order valence-electron chi connectivity index (χ0n) is 14.3. The van der Waals surface area contributed by atoms with Crippen LogP contribution < -0.4 is 0 Å². The predicted molar refractivity (Wildman–Crippen MR) is 98.1 cm³/mol. The summed E-state index contributed by atoms with van der Waals surface area (Å²) in [5.41, 5.74) is 1.05. The van der Waals surface area contributed by atoms with Gasteiger partial charge in [0.2, 0.25) is 0 Å². The van der Waals surface area contributed by atoms with Gasteiger partial charge in [0.05, 0.1) is 7.11 Å². The molecule has 0 radical (unpaired) electrons. The molecule has 0 aliphatic rings. The molecule has 0 spiro atoms. The summed E-state index contributed by atoms with van der Waals surface area (Å²) in [6.45, 7) is 0. The van der Waals surface area contributed by atoms with Crippen LogP contribution in [0.25, 0.3) is 0 Å². The predicted octanol–water partition coefficient (Wildman–Crippen LogP) is 4.96. The van der Waals surface area contributed by atoms with Gasteiger partial charge in [-0.05, 0) is 42.4 Å². The molecule has 1 N–H and O–H groups in total. The maximum Gasteiger partial charge on any atom is 0.305 e. The van der Waals surface area contributed by atoms with Crippen LogP contribution in [0.4, 0.5) is 0 Å². The minimum Gasteiger partial charge on any atom is -0.508 e. The number of carbonyl (C=O) groups excluding carboxylic acids is 1. The Labute approximate surface area is 144 Å². The Kier molecular flexibility index (Phi) is 11.5. The molecule has 0 unspecified atom stereocenters. The zero-order valence-corrected chi connectivity index (χ0v) is 15.1. The molecule has 3 nitrogen and oxygen atoms in total. The number of hydrogen-bond donors (Lipinski definition) is 1. The summed E-state index contributed by atoms with van der Waals surface area (Å²) in [7, 11) is 1.45. The van der Waals surface area contributed by atoms with E-state index in [9.17, 15) is 9.90 Å². The van der Waals surface area contributed by atoms with Gasteiger partial charge >= 0.3 is 5.97 Å². The lowest BCUT2D eigenvalue weighted by atomic mass is 10.1. The van der Waals surface area contributed by atoms with E-state index in [4.69, 9.17) is 0 Å². The molecule has 4 heteroatoms. The van der Waals surface area contributed by atoms with E-state index in [0.29, 0.717) is 12.2 Å². The lowest BCUT2D eigenvalue weighted by Gasteiger charge is -2.05. The number of para-hydroxylation sites is 1. The van der Waals surface area contributed by atoms with Gasteiger partial charge in [-0.15, -0.1) is 0 Å². The largest absolute Gasteiger partial charge is 0.508 e. The van der Waals surface area contributed by atoms with Crippen molar-refractivity contribution in [2.45, 2.75) is 57.8 Å². The SMILES string of the molecule is COC(=O)CCCCCCCCCSCCc1ccccc1O. The lowest BCUT2D eigenvalue weighted by molar-refractivity contribution is -0.140. The van der Waals surface area contributed by atoms with E-state index in [-0.39, 0.29) is 5.97 Å². The highest BCUT2D eigenvalue weighted by atomic mass is 32.2. The smallest absolute Gasteiger partial charge is 0.305 e. The molecule has 1 aromatic rings. The first kappa shape index (κ1) is 19.9. The molecular weight excluding hydrogens is 308 g/mol. The molecule has 0 atom stereocenters. The number of thioether (sulfide) groups is 1. The van der Waals surface area contributed by atoms with Crippen molar-refractivity contribution in [2.75, 3.05) is 18.6 Å². The number of esters is 1. The molecule has 0 aliphatic carbocycles. The number of rotatable bonds is 13. The standard InChI is InChI=1S/C19H30O3S/c1-22-19(21)13-7-5-3-2-4-6-10-15-23-16-14-17-11-8-9-12-18(17)20/h8-9,11-12,20H,2-7,10,13-16H2,1H3. The minimum atomic E-state index is -0.0918. The Morgan fingerprint density at radius 2 is 1.65 bits per heavy atom. The maximum absolute atomic E-state index is 10.9. The van der Waals surface area contributed by atoms with Crippen molar-refractivity contribution in [3.63, 3.8) is 0 Å². The first-order valence-corrected chi connectivity index (χ1v) is 9.81. The third-order valence-corrected chi connectivity index (χ3v) is 4.97. The van der Waals surface area contributed by atoms with Gasteiger partial charge in [-0.2, -0.15) is 11.8 Å². The molecule has 130 valence electrons. The second-order valence-electron chi connectivity index (χ2n) is 5.79. The molecule has 1 aromatic carbocycles. The Morgan fingerprint density at radius 1 is 1.00 bits per heavy atom. The van der Waals surface area contributed by atoms with Crippen LogP contribution in [-0.4, -0.2) is 29.7 Å². The number of unbranched alkanes of at least 4 members (excludes halogenated alkanes) is 6. The molecule has 0 amide bonds. The van der Waals surface area contributed by atoms with Gasteiger partial charge in [0.25, 0.3) is 0 Å². The number of benzene rings is 1. The first-order valence-electron chi connectivity index (χ1n) is 8.65. The number of ether oxygens (including phenoxy) is 1. The van der Waals surface area contributed by atoms with E-state index in [1.54, 1.807) is 6.07 Å². The summed E-state index contributed by atoms with van der Waals surface area (Å²) >= 11 is 1.97. The fourth-order valence-corrected chi connectivity index (χ4v) is 3.44. The molecule has 0 saturated heterocycles. The second-order valence-corrected chi connectivity index (χ2v) is 7.02. The fraction of sp³-hybridized carbons (Fsp3) is 0.632. The fourth-order valence-electron chi connectivity index (χ4n) is 2.47. The first-order chi connectivity index (χ1) is 11.2. The monoisotopic (exact) mass is 338 g/mol. The van der Waals surface area contributed by atoms with E-state index in [0.717, 1.165) is 30.6 Å². The Bertz CT molecular complexity index is 434. The van der Waals surface area contributed by atoms with Gasteiger partial charge in [-0.3, -0.25) is 4.79 Å². The van der Waals surface area contributed by atoms with E-state index in [2.05, 4.69) is 4.74 Å². The van der Waals surface area contributed by atoms with Crippen LogP contribution in [0.15, 0.2) is 24.3 Å². The van der Waals surface area contributed by atoms with Crippen LogP contribution in [0.3, 0.4) is 0 Å². The van der Waals surface area contributed by atoms with Crippen molar-refractivity contribution in [3.05, 3.63) is 29.8 Å². The summed E-state index contributed by atoms with van der Waals surface area (Å²) in [4.78, 5) is 10.9. The topological polar surface area (TPSA) is 46.5 Å². The maximum atomic E-state index is 10.9. The number of phenols is 1. The van der Waals surface area contributed by atoms with Crippen molar-refractivity contribution in [1.29, 1.82) is 0 Å². The minimum absolute atomic E-state index is 0.0918. The number of aromatic hydroxyl groups is 1. The Morgan fingerprint density at radius 3 is 2.35 bits per heavy atom. The summed E-state index contributed by atoms with van der Waals surface area (Å²) in [5.74, 6) is 2.60. The van der Waals surface area contributed by atoms with Gasteiger partial charge in [-0.1, -0.05) is 50.3 Å². The Balaban J connectivity index is 1.83. The third-order valence-electron chi connectivity index (χ3n) is 3.90. The average Bonchev–Trinajstić information content (AvgIpc) is 2.57. The highest BCUT2D eigenvalue weighted by Gasteiger charge is 2.00. The summed E-state index contributed by atoms with van der Waals surface area (Å²) in [5, 5.41) is 9.68. The van der Waals surface area contributed by atoms with Gasteiger partial charge in [0.15, 0.2) is 0 Å². The van der Waals surface area contributed by atoms with Crippen molar-refractivity contribution < 1.29 is 14.6 Å². The number of methoxy groups -OCH3 is 1. The van der Waals surface area contributed by atoms with E-state index >= 15 is 0 Å². The quantitative estimate of drug-likeness (QED) is 0.408. The zero-order chi connectivity index (χ0) is 16.8.